The SMILES string of the molecule is C[S@](=O)Cc1ccccc1NC(=O)N[C@@H]1c2ccccc2C[C@H]1O. The van der Waals surface area contributed by atoms with E-state index in [1.807, 2.05) is 42.5 Å². The van der Waals surface area contributed by atoms with Gasteiger partial charge in [0.15, 0.2) is 0 Å². The number of rotatable bonds is 4. The Bertz CT molecular complexity index is 778. The van der Waals surface area contributed by atoms with Gasteiger partial charge in [-0.1, -0.05) is 42.5 Å². The standard InChI is InChI=1S/C18H20N2O3S/c1-24(23)11-13-7-3-5-9-15(13)19-18(22)20-17-14-8-4-2-6-12(14)10-16(17)21/h2-9,16-17,21H,10-11H2,1H3,(H2,19,20,22)/t16-,17-,24+/m1/s1. The van der Waals surface area contributed by atoms with E-state index in [1.54, 1.807) is 12.3 Å². The number of aliphatic hydroxyl groups is 1. The largest absolute Gasteiger partial charge is 0.390 e. The first-order valence-electron chi connectivity index (χ1n) is 7.76. The molecule has 0 radical (unpaired) electrons. The molecule has 126 valence electrons. The lowest BCUT2D eigenvalue weighted by molar-refractivity contribution is 0.144. The van der Waals surface area contributed by atoms with E-state index < -0.39 is 22.9 Å². The molecule has 0 aliphatic heterocycles. The molecule has 3 atom stereocenters. The van der Waals surface area contributed by atoms with Crippen LogP contribution in [0.4, 0.5) is 10.5 Å². The highest BCUT2D eigenvalue weighted by Gasteiger charge is 2.31. The molecular weight excluding hydrogens is 324 g/mol. The Labute approximate surface area is 143 Å². The highest BCUT2D eigenvalue weighted by Crippen LogP contribution is 2.31. The summed E-state index contributed by atoms with van der Waals surface area (Å²) in [5.41, 5.74) is 3.45. The first-order valence-corrected chi connectivity index (χ1v) is 9.48. The first-order chi connectivity index (χ1) is 11.5. The van der Waals surface area contributed by atoms with Gasteiger partial charge in [-0.25, -0.2) is 4.79 Å². The first kappa shape index (κ1) is 16.7. The maximum atomic E-state index is 12.4. The number of carbonyl (C=O) groups excluding carboxylic acids is 1. The molecule has 0 aromatic heterocycles. The Kier molecular flexibility index (Phi) is 4.97. The number of hydrogen-bond donors (Lipinski definition) is 3. The summed E-state index contributed by atoms with van der Waals surface area (Å²) in [4.78, 5) is 12.4. The van der Waals surface area contributed by atoms with Gasteiger partial charge in [0.1, 0.15) is 0 Å². The Morgan fingerprint density at radius 2 is 1.92 bits per heavy atom. The van der Waals surface area contributed by atoms with Gasteiger partial charge < -0.3 is 15.7 Å². The summed E-state index contributed by atoms with van der Waals surface area (Å²) in [5, 5.41) is 15.9. The molecule has 1 aliphatic carbocycles. The van der Waals surface area contributed by atoms with Gasteiger partial charge in [0.2, 0.25) is 0 Å². The fourth-order valence-electron chi connectivity index (χ4n) is 3.03. The van der Waals surface area contributed by atoms with Crippen LogP contribution in [0.2, 0.25) is 0 Å². The molecule has 0 bridgehead atoms. The molecule has 0 saturated carbocycles. The van der Waals surface area contributed by atoms with Crippen LogP contribution < -0.4 is 10.6 Å². The van der Waals surface area contributed by atoms with E-state index in [0.29, 0.717) is 17.9 Å². The summed E-state index contributed by atoms with van der Waals surface area (Å²) >= 11 is 0. The van der Waals surface area contributed by atoms with Crippen molar-refractivity contribution in [2.45, 2.75) is 24.3 Å². The molecule has 3 rings (SSSR count). The Hall–Kier alpha value is -2.18. The van der Waals surface area contributed by atoms with E-state index in [9.17, 15) is 14.1 Å². The predicted octanol–water partition coefficient (Wildman–Crippen LogP) is 2.34. The van der Waals surface area contributed by atoms with Gasteiger partial charge >= 0.3 is 6.03 Å². The number of urea groups is 1. The van der Waals surface area contributed by atoms with Crippen LogP contribution in [0, 0.1) is 0 Å². The molecule has 2 aromatic carbocycles. The van der Waals surface area contributed by atoms with E-state index in [2.05, 4.69) is 10.6 Å². The molecule has 5 nitrogen and oxygen atoms in total. The van der Waals surface area contributed by atoms with Gasteiger partial charge in [0.25, 0.3) is 0 Å². The van der Waals surface area contributed by atoms with E-state index in [0.717, 1.165) is 16.7 Å². The van der Waals surface area contributed by atoms with Gasteiger partial charge in [-0.05, 0) is 22.8 Å². The third-order valence-corrected chi connectivity index (χ3v) is 4.83. The number of benzene rings is 2. The lowest BCUT2D eigenvalue weighted by Crippen LogP contribution is -2.37. The molecule has 6 heteroatoms. The number of anilines is 1. The molecule has 1 aliphatic rings. The van der Waals surface area contributed by atoms with Crippen LogP contribution in [-0.2, 0) is 23.0 Å². The van der Waals surface area contributed by atoms with Crippen LogP contribution in [0.25, 0.3) is 0 Å². The minimum atomic E-state index is -0.993. The number of aliphatic hydroxyl groups excluding tert-OH is 1. The summed E-state index contributed by atoms with van der Waals surface area (Å²) in [5.74, 6) is 0.380. The second-order valence-electron chi connectivity index (χ2n) is 5.92. The van der Waals surface area contributed by atoms with Gasteiger partial charge in [0, 0.05) is 29.2 Å². The van der Waals surface area contributed by atoms with E-state index in [1.165, 1.54) is 0 Å². The van der Waals surface area contributed by atoms with Crippen molar-refractivity contribution in [2.24, 2.45) is 0 Å². The van der Waals surface area contributed by atoms with Crippen LogP contribution in [0.1, 0.15) is 22.7 Å². The zero-order chi connectivity index (χ0) is 17.1. The fourth-order valence-corrected chi connectivity index (χ4v) is 3.72. The molecule has 0 unspecified atom stereocenters. The zero-order valence-electron chi connectivity index (χ0n) is 13.4. The third kappa shape index (κ3) is 3.66. The molecule has 3 N–H and O–H groups in total. The minimum Gasteiger partial charge on any atom is -0.390 e. The lowest BCUT2D eigenvalue weighted by Gasteiger charge is -2.19. The van der Waals surface area contributed by atoms with E-state index in [-0.39, 0.29) is 6.03 Å². The monoisotopic (exact) mass is 344 g/mol. The molecule has 0 spiro atoms. The molecular formula is C18H20N2O3S. The number of carbonyl (C=O) groups is 1. The van der Waals surface area contributed by atoms with Crippen molar-refractivity contribution in [1.29, 1.82) is 0 Å². The summed E-state index contributed by atoms with van der Waals surface area (Å²) in [7, 11) is -0.993. The molecule has 0 heterocycles. The maximum absolute atomic E-state index is 12.4. The fraction of sp³-hybridized carbons (Fsp3) is 0.278. The predicted molar refractivity (Wildman–Crippen MR) is 95.3 cm³/mol. The maximum Gasteiger partial charge on any atom is 0.319 e. The number of hydrogen-bond acceptors (Lipinski definition) is 3. The van der Waals surface area contributed by atoms with Gasteiger partial charge in [-0.3, -0.25) is 4.21 Å². The number of fused-ring (bicyclic) bond motifs is 1. The Balaban J connectivity index is 1.72. The van der Waals surface area contributed by atoms with E-state index >= 15 is 0 Å². The summed E-state index contributed by atoms with van der Waals surface area (Å²) in [6.45, 7) is 0. The smallest absolute Gasteiger partial charge is 0.319 e. The van der Waals surface area contributed by atoms with Crippen molar-refractivity contribution in [3.8, 4) is 0 Å². The van der Waals surface area contributed by atoms with Crippen molar-refractivity contribution in [1.82, 2.24) is 5.32 Å². The second-order valence-corrected chi connectivity index (χ2v) is 7.36. The number of para-hydroxylation sites is 1. The summed E-state index contributed by atoms with van der Waals surface area (Å²) < 4.78 is 11.5. The van der Waals surface area contributed by atoms with Crippen molar-refractivity contribution in [3.63, 3.8) is 0 Å². The second kappa shape index (κ2) is 7.15. The minimum absolute atomic E-state index is 0.380. The highest BCUT2D eigenvalue weighted by molar-refractivity contribution is 7.83. The number of nitrogens with one attached hydrogen (secondary N) is 2. The highest BCUT2D eigenvalue weighted by atomic mass is 32.2. The van der Waals surface area contributed by atoms with Crippen molar-refractivity contribution >= 4 is 22.5 Å². The van der Waals surface area contributed by atoms with Crippen LogP contribution >= 0.6 is 0 Å². The zero-order valence-corrected chi connectivity index (χ0v) is 14.2. The molecule has 0 fully saturated rings. The van der Waals surface area contributed by atoms with Crippen LogP contribution in [0.15, 0.2) is 48.5 Å². The van der Waals surface area contributed by atoms with Crippen molar-refractivity contribution in [3.05, 3.63) is 65.2 Å². The average molecular weight is 344 g/mol. The normalized spacial score (nSPS) is 20.2. The summed E-state index contributed by atoms with van der Waals surface area (Å²) in [6, 6.07) is 14.2. The average Bonchev–Trinajstić information content (AvgIpc) is 2.85. The van der Waals surface area contributed by atoms with Gasteiger partial charge in [0.05, 0.1) is 17.9 Å². The summed E-state index contributed by atoms with van der Waals surface area (Å²) in [6.07, 6.45) is 1.53. The van der Waals surface area contributed by atoms with Gasteiger partial charge in [-0.2, -0.15) is 0 Å². The molecule has 2 aromatic rings. The third-order valence-electron chi connectivity index (χ3n) is 4.11. The van der Waals surface area contributed by atoms with Gasteiger partial charge in [-0.15, -0.1) is 0 Å². The van der Waals surface area contributed by atoms with E-state index in [4.69, 9.17) is 0 Å². The van der Waals surface area contributed by atoms with Crippen LogP contribution in [0.5, 0.6) is 0 Å². The van der Waals surface area contributed by atoms with Crippen LogP contribution in [-0.4, -0.2) is 27.7 Å². The Morgan fingerprint density at radius 1 is 1.21 bits per heavy atom. The molecule has 2 amide bonds. The quantitative estimate of drug-likeness (QED) is 0.797. The Morgan fingerprint density at radius 3 is 2.71 bits per heavy atom. The number of amides is 2. The molecule has 24 heavy (non-hydrogen) atoms. The molecule has 0 saturated heterocycles. The lowest BCUT2D eigenvalue weighted by atomic mass is 10.1. The van der Waals surface area contributed by atoms with Crippen LogP contribution in [0.3, 0.4) is 0 Å². The van der Waals surface area contributed by atoms with Crippen molar-refractivity contribution < 1.29 is 14.1 Å². The topological polar surface area (TPSA) is 78.4 Å². The van der Waals surface area contributed by atoms with Crippen molar-refractivity contribution in [2.75, 3.05) is 11.6 Å².